The first-order chi connectivity index (χ1) is 13.5. The Morgan fingerprint density at radius 1 is 1.14 bits per heavy atom. The van der Waals surface area contributed by atoms with Gasteiger partial charge in [0.05, 0.1) is 29.2 Å². The Hall–Kier alpha value is -2.11. The molecule has 0 spiro atoms. The van der Waals surface area contributed by atoms with Crippen molar-refractivity contribution in [3.63, 3.8) is 0 Å². The number of benzene rings is 2. The molecule has 28 heavy (non-hydrogen) atoms. The molecule has 3 aromatic rings. The first-order valence-electron chi connectivity index (χ1n) is 9.10. The van der Waals surface area contributed by atoms with E-state index in [4.69, 9.17) is 11.6 Å². The Morgan fingerprint density at radius 3 is 2.29 bits per heavy atom. The van der Waals surface area contributed by atoms with E-state index in [9.17, 15) is 4.79 Å². The number of carbonyl (C=O) groups excluding carboxylic acids is 1. The van der Waals surface area contributed by atoms with Crippen LogP contribution in [-0.4, -0.2) is 22.9 Å². The van der Waals surface area contributed by atoms with Crippen LogP contribution in [0.1, 0.15) is 31.9 Å². The number of nitrogens with zero attached hydrogens (tertiary/aromatic N) is 2. The number of carbonyl (C=O) groups is 1. The molecular formula is C22H26BrClN2O2. The monoisotopic (exact) mass is 464 g/mol. The molecular weight excluding hydrogens is 440 g/mol. The average molecular weight is 466 g/mol. The van der Waals surface area contributed by atoms with Crippen LogP contribution in [0.25, 0.3) is 16.9 Å². The summed E-state index contributed by atoms with van der Waals surface area (Å²) in [5, 5.41) is 5.20. The fourth-order valence-electron chi connectivity index (χ4n) is 2.42. The van der Waals surface area contributed by atoms with Gasteiger partial charge in [0.25, 0.3) is 6.47 Å². The van der Waals surface area contributed by atoms with Gasteiger partial charge in [-0.3, -0.25) is 4.79 Å². The maximum absolute atomic E-state index is 9.18. The molecule has 0 atom stereocenters. The molecule has 0 aliphatic rings. The molecule has 0 radical (unpaired) electrons. The van der Waals surface area contributed by atoms with Gasteiger partial charge in [0, 0.05) is 10.0 Å². The molecule has 6 heteroatoms. The molecule has 0 saturated heterocycles. The molecule has 2 aromatic carbocycles. The number of ether oxygens (including phenoxy) is 1. The number of rotatable bonds is 4. The van der Waals surface area contributed by atoms with Gasteiger partial charge < -0.3 is 4.74 Å². The maximum Gasteiger partial charge on any atom is 0.293 e. The lowest BCUT2D eigenvalue weighted by Gasteiger charge is -2.11. The van der Waals surface area contributed by atoms with E-state index in [1.807, 2.05) is 62.0 Å². The van der Waals surface area contributed by atoms with Crippen LogP contribution in [-0.2, 0) is 9.53 Å². The van der Waals surface area contributed by atoms with Crippen LogP contribution >= 0.6 is 27.5 Å². The van der Waals surface area contributed by atoms with Crippen molar-refractivity contribution in [2.45, 2.75) is 34.6 Å². The van der Waals surface area contributed by atoms with E-state index in [1.165, 1.54) is 0 Å². The molecule has 0 amide bonds. The van der Waals surface area contributed by atoms with E-state index in [2.05, 4.69) is 44.8 Å². The summed E-state index contributed by atoms with van der Waals surface area (Å²) < 4.78 is 7.11. The van der Waals surface area contributed by atoms with E-state index in [1.54, 1.807) is 6.92 Å². The highest BCUT2D eigenvalue weighted by Gasteiger charge is 2.13. The van der Waals surface area contributed by atoms with Crippen molar-refractivity contribution in [2.24, 2.45) is 0 Å². The molecule has 0 bridgehead atoms. The minimum absolute atomic E-state index is 0.431. The zero-order valence-corrected chi connectivity index (χ0v) is 19.2. The Morgan fingerprint density at radius 2 is 1.79 bits per heavy atom. The van der Waals surface area contributed by atoms with Crippen molar-refractivity contribution in [2.75, 3.05) is 6.61 Å². The molecule has 3 rings (SSSR count). The van der Waals surface area contributed by atoms with Crippen molar-refractivity contribution in [3.8, 4) is 16.9 Å². The molecule has 4 nitrogen and oxygen atoms in total. The normalized spacial score (nSPS) is 9.54. The Bertz CT molecular complexity index is 877. The first kappa shape index (κ1) is 23.9. The summed E-state index contributed by atoms with van der Waals surface area (Å²) >= 11 is 9.86. The van der Waals surface area contributed by atoms with Crippen LogP contribution in [0, 0.1) is 13.8 Å². The lowest BCUT2D eigenvalue weighted by molar-refractivity contribution is -0.128. The highest BCUT2D eigenvalue weighted by molar-refractivity contribution is 9.10. The van der Waals surface area contributed by atoms with Gasteiger partial charge in [-0.2, -0.15) is 5.10 Å². The minimum atomic E-state index is 0.431. The highest BCUT2D eigenvalue weighted by Crippen LogP contribution is 2.30. The van der Waals surface area contributed by atoms with Crippen molar-refractivity contribution in [1.29, 1.82) is 0 Å². The first-order valence-corrected chi connectivity index (χ1v) is 10.3. The molecule has 0 unspecified atom stereocenters. The van der Waals surface area contributed by atoms with E-state index in [0.717, 1.165) is 32.5 Å². The summed E-state index contributed by atoms with van der Waals surface area (Å²) in [6, 6.07) is 14.2. The van der Waals surface area contributed by atoms with Crippen LogP contribution < -0.4 is 0 Å². The Balaban J connectivity index is 0.000000490. The smallest absolute Gasteiger partial charge is 0.293 e. The van der Waals surface area contributed by atoms with Crippen LogP contribution in [0.2, 0.25) is 5.02 Å². The van der Waals surface area contributed by atoms with Crippen molar-refractivity contribution >= 4 is 34.0 Å². The van der Waals surface area contributed by atoms with E-state index >= 15 is 0 Å². The number of halogens is 2. The second-order valence-corrected chi connectivity index (χ2v) is 6.92. The van der Waals surface area contributed by atoms with Gasteiger partial charge in [-0.05, 0) is 56.2 Å². The van der Waals surface area contributed by atoms with Gasteiger partial charge in [-0.25, -0.2) is 4.68 Å². The summed E-state index contributed by atoms with van der Waals surface area (Å²) in [5.74, 6) is 0. The standard InChI is InChI=1S/C17H14BrClN2.C3H6O2.C2H6/c1-11-3-8-16(15(19)9-11)21-17(12(2)10-20-21)13-4-6-14(18)7-5-13;1-2-5-3-4;1-2/h3-10H,1-2H3;3H,2H2,1H3;1-2H3. The van der Waals surface area contributed by atoms with Crippen molar-refractivity contribution < 1.29 is 9.53 Å². The second-order valence-electron chi connectivity index (χ2n) is 5.60. The topological polar surface area (TPSA) is 44.1 Å². The number of hydrogen-bond donors (Lipinski definition) is 0. The SMILES string of the molecule is CC.CCOC=O.Cc1ccc(-n2ncc(C)c2-c2ccc(Br)cc2)c(Cl)c1. The molecule has 0 fully saturated rings. The Kier molecular flexibility index (Phi) is 10.6. The molecule has 0 aliphatic carbocycles. The number of aryl methyl sites for hydroxylation is 2. The van der Waals surface area contributed by atoms with Gasteiger partial charge in [0.1, 0.15) is 0 Å². The van der Waals surface area contributed by atoms with Gasteiger partial charge >= 0.3 is 0 Å². The summed E-state index contributed by atoms with van der Waals surface area (Å²) in [4.78, 5) is 9.18. The average Bonchev–Trinajstić information content (AvgIpc) is 3.06. The molecule has 0 N–H and O–H groups in total. The minimum Gasteiger partial charge on any atom is -0.468 e. The summed E-state index contributed by atoms with van der Waals surface area (Å²) in [6.45, 7) is 10.8. The highest BCUT2D eigenvalue weighted by atomic mass is 79.9. The molecule has 150 valence electrons. The lowest BCUT2D eigenvalue weighted by atomic mass is 10.1. The predicted molar refractivity (Wildman–Crippen MR) is 120 cm³/mol. The van der Waals surface area contributed by atoms with Crippen molar-refractivity contribution in [3.05, 3.63) is 69.3 Å². The van der Waals surface area contributed by atoms with E-state index in [-0.39, 0.29) is 0 Å². The predicted octanol–water partition coefficient (Wildman–Crippen LogP) is 6.78. The largest absolute Gasteiger partial charge is 0.468 e. The summed E-state index contributed by atoms with van der Waals surface area (Å²) in [6.07, 6.45) is 1.87. The zero-order valence-electron chi connectivity index (χ0n) is 16.9. The van der Waals surface area contributed by atoms with Gasteiger partial charge in [0.15, 0.2) is 0 Å². The third kappa shape index (κ3) is 6.50. The van der Waals surface area contributed by atoms with Crippen LogP contribution in [0.3, 0.4) is 0 Å². The number of aromatic nitrogens is 2. The van der Waals surface area contributed by atoms with Gasteiger partial charge in [0.2, 0.25) is 0 Å². The van der Waals surface area contributed by atoms with Crippen molar-refractivity contribution in [1.82, 2.24) is 9.78 Å². The van der Waals surface area contributed by atoms with Crippen LogP contribution in [0.5, 0.6) is 0 Å². The summed E-state index contributed by atoms with van der Waals surface area (Å²) in [7, 11) is 0. The van der Waals surface area contributed by atoms with Gasteiger partial charge in [-0.15, -0.1) is 0 Å². The third-order valence-corrected chi connectivity index (χ3v) is 4.47. The molecule has 1 aromatic heterocycles. The van der Waals surface area contributed by atoms with Crippen LogP contribution in [0.4, 0.5) is 0 Å². The number of hydrogen-bond acceptors (Lipinski definition) is 3. The fraction of sp³-hybridized carbons (Fsp3) is 0.273. The quantitative estimate of drug-likeness (QED) is 0.399. The fourth-order valence-corrected chi connectivity index (χ4v) is 3.00. The Labute approximate surface area is 180 Å². The molecule has 0 saturated carbocycles. The lowest BCUT2D eigenvalue weighted by Crippen LogP contribution is -2.00. The van der Waals surface area contributed by atoms with Gasteiger partial charge in [-0.1, -0.05) is 59.6 Å². The van der Waals surface area contributed by atoms with E-state index in [0.29, 0.717) is 18.1 Å². The van der Waals surface area contributed by atoms with E-state index < -0.39 is 0 Å². The maximum atomic E-state index is 9.18. The molecule has 0 aliphatic heterocycles. The molecule has 1 heterocycles. The van der Waals surface area contributed by atoms with Crippen LogP contribution in [0.15, 0.2) is 53.1 Å². The summed E-state index contributed by atoms with van der Waals surface area (Å²) in [5.41, 5.74) is 5.33. The second kappa shape index (κ2) is 12.4. The third-order valence-electron chi connectivity index (χ3n) is 3.64. The zero-order chi connectivity index (χ0) is 21.1.